The molecule has 0 radical (unpaired) electrons. The van der Waals surface area contributed by atoms with E-state index in [-0.39, 0.29) is 0 Å². The number of nitrogens with zero attached hydrogens (tertiary/aromatic N) is 2. The fraction of sp³-hybridized carbons (Fsp3) is 1.00. The number of fused-ring (bicyclic) bond motifs is 1. The molecular formula is C16H33N3. The van der Waals surface area contributed by atoms with Crippen LogP contribution < -0.4 is 5.32 Å². The number of likely N-dealkylation sites (N-methyl/N-ethyl adjacent to an activating group) is 1. The van der Waals surface area contributed by atoms with Crippen molar-refractivity contribution < 1.29 is 0 Å². The van der Waals surface area contributed by atoms with Gasteiger partial charge in [0.15, 0.2) is 0 Å². The summed E-state index contributed by atoms with van der Waals surface area (Å²) in [6, 6.07) is 2.23. The molecule has 0 bridgehead atoms. The molecule has 2 saturated heterocycles. The van der Waals surface area contributed by atoms with Crippen LogP contribution in [-0.4, -0.2) is 60.6 Å². The summed E-state index contributed by atoms with van der Waals surface area (Å²) in [6.45, 7) is 15.5. The van der Waals surface area contributed by atoms with Crippen LogP contribution in [0.3, 0.4) is 0 Å². The predicted octanol–water partition coefficient (Wildman–Crippen LogP) is 2.18. The molecule has 2 heterocycles. The number of rotatable bonds is 5. The Balaban J connectivity index is 2.00. The maximum Gasteiger partial charge on any atom is 0.0247 e. The van der Waals surface area contributed by atoms with Crippen molar-refractivity contribution >= 4 is 0 Å². The van der Waals surface area contributed by atoms with Gasteiger partial charge in [-0.15, -0.1) is 0 Å². The number of piperazine rings is 1. The second kappa shape index (κ2) is 7.05. The van der Waals surface area contributed by atoms with E-state index in [0.717, 1.165) is 25.0 Å². The van der Waals surface area contributed by atoms with Gasteiger partial charge in [0.1, 0.15) is 0 Å². The Hall–Kier alpha value is -0.120. The molecule has 2 fully saturated rings. The van der Waals surface area contributed by atoms with Crippen molar-refractivity contribution in [3.05, 3.63) is 0 Å². The van der Waals surface area contributed by atoms with Gasteiger partial charge in [0.05, 0.1) is 0 Å². The third kappa shape index (κ3) is 3.71. The zero-order chi connectivity index (χ0) is 13.8. The maximum atomic E-state index is 3.56. The van der Waals surface area contributed by atoms with E-state index in [1.807, 2.05) is 0 Å². The Bertz CT molecular complexity index is 267. The molecule has 0 aromatic carbocycles. The lowest BCUT2D eigenvalue weighted by Gasteiger charge is -2.51. The van der Waals surface area contributed by atoms with Crippen LogP contribution in [-0.2, 0) is 0 Å². The molecule has 1 N–H and O–H groups in total. The van der Waals surface area contributed by atoms with E-state index in [1.165, 1.54) is 38.9 Å². The third-order valence-electron chi connectivity index (χ3n) is 5.03. The average molecular weight is 267 g/mol. The molecule has 0 aromatic rings. The number of hydrogen-bond acceptors (Lipinski definition) is 3. The first kappa shape index (κ1) is 15.3. The van der Waals surface area contributed by atoms with Crippen molar-refractivity contribution in [3.63, 3.8) is 0 Å². The van der Waals surface area contributed by atoms with Crippen LogP contribution in [0.5, 0.6) is 0 Å². The van der Waals surface area contributed by atoms with E-state index >= 15 is 0 Å². The average Bonchev–Trinajstić information content (AvgIpc) is 2.39. The van der Waals surface area contributed by atoms with Gasteiger partial charge in [-0.05, 0) is 38.8 Å². The molecule has 2 aliphatic heterocycles. The zero-order valence-corrected chi connectivity index (χ0v) is 13.4. The summed E-state index contributed by atoms with van der Waals surface area (Å²) < 4.78 is 0. The lowest BCUT2D eigenvalue weighted by atomic mass is 9.93. The molecule has 112 valence electrons. The van der Waals surface area contributed by atoms with Gasteiger partial charge >= 0.3 is 0 Å². The smallest absolute Gasteiger partial charge is 0.0247 e. The normalized spacial score (nSPS) is 31.4. The minimum absolute atomic E-state index is 0.694. The van der Waals surface area contributed by atoms with Gasteiger partial charge in [0.25, 0.3) is 0 Å². The van der Waals surface area contributed by atoms with Gasteiger partial charge in [-0.25, -0.2) is 0 Å². The molecule has 0 saturated carbocycles. The first-order valence-corrected chi connectivity index (χ1v) is 8.34. The maximum absolute atomic E-state index is 3.56. The monoisotopic (exact) mass is 267 g/mol. The summed E-state index contributed by atoms with van der Waals surface area (Å²) in [6.07, 6.45) is 4.26. The Morgan fingerprint density at radius 3 is 2.68 bits per heavy atom. The first-order chi connectivity index (χ1) is 9.13. The molecule has 0 aliphatic carbocycles. The van der Waals surface area contributed by atoms with E-state index in [9.17, 15) is 0 Å². The summed E-state index contributed by atoms with van der Waals surface area (Å²) in [5.74, 6) is 0.733. The van der Waals surface area contributed by atoms with E-state index in [0.29, 0.717) is 12.1 Å². The molecule has 0 amide bonds. The summed E-state index contributed by atoms with van der Waals surface area (Å²) in [4.78, 5) is 5.54. The van der Waals surface area contributed by atoms with Crippen molar-refractivity contribution in [3.8, 4) is 0 Å². The number of nitrogens with one attached hydrogen (secondary N) is 1. The molecule has 2 aliphatic rings. The first-order valence-electron chi connectivity index (χ1n) is 8.34. The Kier molecular flexibility index (Phi) is 5.67. The highest BCUT2D eigenvalue weighted by Gasteiger charge is 2.36. The zero-order valence-electron chi connectivity index (χ0n) is 13.4. The molecular weight excluding hydrogens is 234 g/mol. The second-order valence-corrected chi connectivity index (χ2v) is 6.81. The van der Waals surface area contributed by atoms with Crippen molar-refractivity contribution in [1.82, 2.24) is 15.1 Å². The standard InChI is InChI=1S/C16H33N3/c1-5-17-10-16(13(2)3)19-12-15-8-6-7-9-18(15)11-14(19)4/h13-17H,5-12H2,1-4H3. The van der Waals surface area contributed by atoms with Gasteiger partial charge in [0.2, 0.25) is 0 Å². The quantitative estimate of drug-likeness (QED) is 0.824. The Morgan fingerprint density at radius 2 is 2.00 bits per heavy atom. The topological polar surface area (TPSA) is 18.5 Å². The summed E-state index contributed by atoms with van der Waals surface area (Å²) >= 11 is 0. The SMILES string of the molecule is CCNCC(C(C)C)N1CC2CCCCN2CC1C. The van der Waals surface area contributed by atoms with Crippen LogP contribution in [0.15, 0.2) is 0 Å². The summed E-state index contributed by atoms with van der Waals surface area (Å²) in [5, 5.41) is 3.56. The van der Waals surface area contributed by atoms with Crippen molar-refractivity contribution in [1.29, 1.82) is 0 Å². The third-order valence-corrected chi connectivity index (χ3v) is 5.03. The predicted molar refractivity (Wildman–Crippen MR) is 82.5 cm³/mol. The molecule has 2 rings (SSSR count). The fourth-order valence-electron chi connectivity index (χ4n) is 3.87. The molecule has 0 aromatic heterocycles. The lowest BCUT2D eigenvalue weighted by Crippen LogP contribution is -2.63. The van der Waals surface area contributed by atoms with Gasteiger partial charge in [-0.1, -0.05) is 27.2 Å². The summed E-state index contributed by atoms with van der Waals surface area (Å²) in [7, 11) is 0. The number of piperidine rings is 1. The minimum atomic E-state index is 0.694. The molecule has 3 atom stereocenters. The van der Waals surface area contributed by atoms with E-state index in [1.54, 1.807) is 0 Å². The highest BCUT2D eigenvalue weighted by atomic mass is 15.3. The van der Waals surface area contributed by atoms with Crippen LogP contribution in [0.4, 0.5) is 0 Å². The highest BCUT2D eigenvalue weighted by Crippen LogP contribution is 2.26. The van der Waals surface area contributed by atoms with E-state index < -0.39 is 0 Å². The van der Waals surface area contributed by atoms with Crippen molar-refractivity contribution in [2.75, 3.05) is 32.7 Å². The molecule has 19 heavy (non-hydrogen) atoms. The molecule has 0 spiro atoms. The highest BCUT2D eigenvalue weighted by molar-refractivity contribution is 4.93. The van der Waals surface area contributed by atoms with Crippen LogP contribution in [0, 0.1) is 5.92 Å². The van der Waals surface area contributed by atoms with Gasteiger partial charge < -0.3 is 5.32 Å². The van der Waals surface area contributed by atoms with Gasteiger partial charge in [-0.2, -0.15) is 0 Å². The van der Waals surface area contributed by atoms with Crippen LogP contribution >= 0.6 is 0 Å². The van der Waals surface area contributed by atoms with Crippen molar-refractivity contribution in [2.24, 2.45) is 5.92 Å². The van der Waals surface area contributed by atoms with Crippen LogP contribution in [0.25, 0.3) is 0 Å². The second-order valence-electron chi connectivity index (χ2n) is 6.81. The van der Waals surface area contributed by atoms with Gasteiger partial charge in [0, 0.05) is 37.8 Å². The van der Waals surface area contributed by atoms with E-state index in [2.05, 4.69) is 42.8 Å². The Morgan fingerprint density at radius 1 is 1.21 bits per heavy atom. The number of hydrogen-bond donors (Lipinski definition) is 1. The summed E-state index contributed by atoms with van der Waals surface area (Å²) in [5.41, 5.74) is 0. The van der Waals surface area contributed by atoms with Crippen LogP contribution in [0.1, 0.15) is 47.0 Å². The van der Waals surface area contributed by atoms with Crippen LogP contribution in [0.2, 0.25) is 0 Å². The molecule has 3 nitrogen and oxygen atoms in total. The lowest BCUT2D eigenvalue weighted by molar-refractivity contribution is -0.0179. The molecule has 3 heteroatoms. The largest absolute Gasteiger partial charge is 0.315 e. The van der Waals surface area contributed by atoms with Crippen molar-refractivity contribution in [2.45, 2.75) is 65.1 Å². The van der Waals surface area contributed by atoms with E-state index in [4.69, 9.17) is 0 Å². The minimum Gasteiger partial charge on any atom is -0.315 e. The Labute approximate surface area is 119 Å². The van der Waals surface area contributed by atoms with Gasteiger partial charge in [-0.3, -0.25) is 9.80 Å². The fourth-order valence-corrected chi connectivity index (χ4v) is 3.87. The molecule has 3 unspecified atom stereocenters.